The Morgan fingerprint density at radius 2 is 2.37 bits per heavy atom. The lowest BCUT2D eigenvalue weighted by Crippen LogP contribution is -2.56. The van der Waals surface area contributed by atoms with Gasteiger partial charge in [0.2, 0.25) is 5.95 Å². The number of fused-ring (bicyclic) bond motifs is 1. The second-order valence-electron chi connectivity index (χ2n) is 7.73. The van der Waals surface area contributed by atoms with E-state index in [1.165, 1.54) is 6.20 Å². The lowest BCUT2D eigenvalue weighted by molar-refractivity contribution is -0.208. The van der Waals surface area contributed by atoms with Crippen LogP contribution in [0.4, 0.5) is 11.6 Å². The molecule has 3 aromatic rings. The number of nitrogens with zero attached hydrogens (tertiary/aromatic N) is 6. The zero-order valence-electron chi connectivity index (χ0n) is 20.2. The van der Waals surface area contributed by atoms with E-state index in [4.69, 9.17) is 18.3 Å². The van der Waals surface area contributed by atoms with Crippen LogP contribution in [0.1, 0.15) is 36.6 Å². The molecule has 0 unspecified atom stereocenters. The number of aromatic nitrogens is 5. The molecule has 2 atom stereocenters. The normalized spacial score (nSPS) is 20.5. The molecule has 1 aliphatic rings. The van der Waals surface area contributed by atoms with Gasteiger partial charge in [0.15, 0.2) is 6.10 Å². The molecule has 4 rings (SSSR count). The molecule has 0 amide bonds. The van der Waals surface area contributed by atoms with Gasteiger partial charge in [-0.05, 0) is 26.8 Å². The summed E-state index contributed by atoms with van der Waals surface area (Å²) in [6.45, 7) is 3.97. The largest absolute Gasteiger partial charge is 0.466 e. The quantitative estimate of drug-likeness (QED) is 0.628. The zero-order valence-corrected chi connectivity index (χ0v) is 17.2. The fraction of sp³-hybridized carbons (Fsp3) is 0.500. The highest BCUT2D eigenvalue weighted by atomic mass is 16.6. The van der Waals surface area contributed by atoms with Crippen LogP contribution < -0.4 is 10.1 Å². The fourth-order valence-corrected chi connectivity index (χ4v) is 3.36. The zero-order chi connectivity index (χ0) is 24.0. The van der Waals surface area contributed by atoms with Gasteiger partial charge >= 0.3 is 0 Å². The molecule has 0 spiro atoms. The molecule has 0 saturated carbocycles. The maximum absolute atomic E-state index is 9.55. The summed E-state index contributed by atoms with van der Waals surface area (Å²) in [5.41, 5.74) is 0.777. The number of nitrogens with one attached hydrogen (secondary N) is 1. The molecular formula is C20H25N7O3. The highest BCUT2D eigenvalue weighted by molar-refractivity contribution is 5.79. The van der Waals surface area contributed by atoms with Crippen molar-refractivity contribution in [1.29, 1.82) is 5.26 Å². The predicted octanol–water partition coefficient (Wildman–Crippen LogP) is 2.54. The molecule has 0 aromatic carbocycles. The third-order valence-electron chi connectivity index (χ3n) is 5.10. The smallest absolute Gasteiger partial charge is 0.257 e. The van der Waals surface area contributed by atoms with Crippen LogP contribution in [0.3, 0.4) is 0 Å². The number of methoxy groups -OCH3 is 1. The number of aryl methyl sites for hydroxylation is 1. The second-order valence-corrected chi connectivity index (χ2v) is 7.73. The van der Waals surface area contributed by atoms with Crippen molar-refractivity contribution >= 4 is 22.7 Å². The summed E-state index contributed by atoms with van der Waals surface area (Å²) >= 11 is 0. The van der Waals surface area contributed by atoms with Gasteiger partial charge in [-0.3, -0.25) is 4.68 Å². The minimum atomic E-state index is -2.49. The Morgan fingerprint density at radius 1 is 1.53 bits per heavy atom. The molecular weight excluding hydrogens is 386 g/mol. The van der Waals surface area contributed by atoms with Gasteiger partial charge in [-0.15, -0.1) is 5.10 Å². The van der Waals surface area contributed by atoms with E-state index in [0.717, 1.165) is 4.68 Å². The first-order valence-corrected chi connectivity index (χ1v) is 9.48. The van der Waals surface area contributed by atoms with E-state index in [1.807, 2.05) is 20.8 Å². The Kier molecular flexibility index (Phi) is 4.20. The lowest BCUT2D eigenvalue weighted by Gasteiger charge is -2.43. The summed E-state index contributed by atoms with van der Waals surface area (Å²) < 4.78 is 42.4. The number of rotatable bonds is 7. The minimum absolute atomic E-state index is 0.108. The summed E-state index contributed by atoms with van der Waals surface area (Å²) in [6, 6.07) is 3.75. The van der Waals surface area contributed by atoms with E-state index in [0.29, 0.717) is 35.6 Å². The summed E-state index contributed by atoms with van der Waals surface area (Å²) in [5.74, 6) is 0.312. The Bertz CT molecular complexity index is 1210. The molecule has 1 aliphatic heterocycles. The van der Waals surface area contributed by atoms with Gasteiger partial charge in [0.1, 0.15) is 28.7 Å². The lowest BCUT2D eigenvalue weighted by atomic mass is 9.96. The first-order chi connectivity index (χ1) is 15.5. The average Bonchev–Trinajstić information content (AvgIpc) is 3.32. The van der Waals surface area contributed by atoms with E-state index in [1.54, 1.807) is 23.9 Å². The number of ether oxygens (including phenoxy) is 3. The van der Waals surface area contributed by atoms with E-state index >= 15 is 0 Å². The molecule has 30 heavy (non-hydrogen) atoms. The SMILES string of the molecule is [2H]C([2H])([2H])n1cc(Nc2ncc3cc(C#N)n([C@@H](C)COC)c3n2)c(O[C@H]2COC2(C)C)n1. The summed E-state index contributed by atoms with van der Waals surface area (Å²) in [6.07, 6.45) is 2.64. The molecule has 10 heteroatoms. The average molecular weight is 414 g/mol. The van der Waals surface area contributed by atoms with Crippen LogP contribution in [0.15, 0.2) is 18.5 Å². The molecule has 0 radical (unpaired) electrons. The molecule has 158 valence electrons. The standard InChI is InChI=1S/C20H25N7O3/c1-12(10-28-5)27-14(7-21)6-13-8-22-19(24-17(13)27)23-15-9-26(4)25-18(15)30-16-11-29-20(16,2)3/h6,8-9,12,16H,10-11H2,1-5H3,(H,22,23,24)/t12-,16-/m0/s1/i4D3. The Morgan fingerprint density at radius 3 is 3.00 bits per heavy atom. The molecule has 0 aliphatic carbocycles. The van der Waals surface area contributed by atoms with E-state index in [-0.39, 0.29) is 24.0 Å². The third kappa shape index (κ3) is 3.58. The van der Waals surface area contributed by atoms with Gasteiger partial charge in [-0.25, -0.2) is 4.98 Å². The van der Waals surface area contributed by atoms with Crippen LogP contribution in [0.5, 0.6) is 5.88 Å². The summed E-state index contributed by atoms with van der Waals surface area (Å²) in [5, 5.41) is 17.4. The maximum Gasteiger partial charge on any atom is 0.257 e. The fourth-order valence-electron chi connectivity index (χ4n) is 3.36. The summed E-state index contributed by atoms with van der Waals surface area (Å²) in [4.78, 5) is 8.89. The maximum atomic E-state index is 9.55. The Balaban J connectivity index is 1.70. The predicted molar refractivity (Wildman–Crippen MR) is 110 cm³/mol. The van der Waals surface area contributed by atoms with Crippen LogP contribution in [-0.4, -0.2) is 56.3 Å². The van der Waals surface area contributed by atoms with Crippen LogP contribution >= 0.6 is 0 Å². The topological polar surface area (TPSA) is 112 Å². The molecule has 3 aromatic heterocycles. The van der Waals surface area contributed by atoms with Crippen molar-refractivity contribution in [2.24, 2.45) is 6.98 Å². The number of nitriles is 1. The van der Waals surface area contributed by atoms with Crippen LogP contribution in [-0.2, 0) is 16.4 Å². The molecule has 1 saturated heterocycles. The Labute approximate surface area is 178 Å². The number of hydrogen-bond donors (Lipinski definition) is 1. The third-order valence-corrected chi connectivity index (χ3v) is 5.10. The Hall–Kier alpha value is -3.16. The van der Waals surface area contributed by atoms with E-state index < -0.39 is 12.6 Å². The monoisotopic (exact) mass is 414 g/mol. The van der Waals surface area contributed by atoms with Gasteiger partial charge in [-0.2, -0.15) is 10.2 Å². The minimum Gasteiger partial charge on any atom is -0.466 e. The van der Waals surface area contributed by atoms with Crippen molar-refractivity contribution in [3.05, 3.63) is 24.2 Å². The molecule has 10 nitrogen and oxygen atoms in total. The van der Waals surface area contributed by atoms with E-state index in [2.05, 4.69) is 26.5 Å². The van der Waals surface area contributed by atoms with Crippen molar-refractivity contribution in [3.63, 3.8) is 0 Å². The van der Waals surface area contributed by atoms with Crippen molar-refractivity contribution in [3.8, 4) is 11.9 Å². The molecule has 1 fully saturated rings. The number of anilines is 2. The van der Waals surface area contributed by atoms with Crippen molar-refractivity contribution in [1.82, 2.24) is 24.3 Å². The first-order valence-electron chi connectivity index (χ1n) is 11.0. The van der Waals surface area contributed by atoms with Gasteiger partial charge in [0.05, 0.1) is 25.5 Å². The summed E-state index contributed by atoms with van der Waals surface area (Å²) in [7, 11) is 1.59. The molecule has 1 N–H and O–H groups in total. The van der Waals surface area contributed by atoms with Crippen molar-refractivity contribution < 1.29 is 18.3 Å². The van der Waals surface area contributed by atoms with Crippen LogP contribution in [0.25, 0.3) is 11.0 Å². The second kappa shape index (κ2) is 7.59. The van der Waals surface area contributed by atoms with Gasteiger partial charge in [-0.1, -0.05) is 0 Å². The van der Waals surface area contributed by atoms with Gasteiger partial charge in [0.25, 0.3) is 5.88 Å². The van der Waals surface area contributed by atoms with Crippen molar-refractivity contribution in [2.45, 2.75) is 38.5 Å². The highest BCUT2D eigenvalue weighted by Gasteiger charge is 2.43. The molecule has 0 bridgehead atoms. The van der Waals surface area contributed by atoms with Crippen LogP contribution in [0.2, 0.25) is 0 Å². The van der Waals surface area contributed by atoms with Gasteiger partial charge in [0, 0.05) is 29.8 Å². The van der Waals surface area contributed by atoms with Crippen LogP contribution in [0, 0.1) is 11.3 Å². The van der Waals surface area contributed by atoms with E-state index in [9.17, 15) is 5.26 Å². The molecule has 4 heterocycles. The highest BCUT2D eigenvalue weighted by Crippen LogP contribution is 2.33. The van der Waals surface area contributed by atoms with Crippen molar-refractivity contribution in [2.75, 3.05) is 25.6 Å². The van der Waals surface area contributed by atoms with Gasteiger partial charge < -0.3 is 24.1 Å². The number of hydrogen-bond acceptors (Lipinski definition) is 8. The first kappa shape index (κ1) is 16.6.